The van der Waals surface area contributed by atoms with Gasteiger partial charge in [-0.2, -0.15) is 0 Å². The highest BCUT2D eigenvalue weighted by atomic mass is 16.4. The molecule has 5 heterocycles. The average molecular weight is 905 g/mol. The van der Waals surface area contributed by atoms with Crippen LogP contribution < -0.4 is 42.5 Å². The second kappa shape index (κ2) is 16.7. The van der Waals surface area contributed by atoms with Gasteiger partial charge in [-0.05, 0) is 49.4 Å². The van der Waals surface area contributed by atoms with Gasteiger partial charge < -0.3 is 40.9 Å². The molecule has 9 rings (SSSR count). The summed E-state index contributed by atoms with van der Waals surface area (Å²) in [6.45, 7) is 0. The van der Waals surface area contributed by atoms with E-state index in [0.29, 0.717) is 0 Å². The van der Waals surface area contributed by atoms with Crippen molar-refractivity contribution >= 4 is 47.8 Å². The third-order valence-electron chi connectivity index (χ3n) is 17.0. The van der Waals surface area contributed by atoms with Crippen LogP contribution in [0.25, 0.3) is 0 Å². The normalized spacial score (nSPS) is 49.2. The second-order valence-electron chi connectivity index (χ2n) is 19.6. The Morgan fingerprint density at radius 1 is 0.250 bits per heavy atom. The molecule has 16 N–H and O–H groups in total. The summed E-state index contributed by atoms with van der Waals surface area (Å²) in [6.07, 6.45) is -0.163. The third kappa shape index (κ3) is 7.02. The summed E-state index contributed by atoms with van der Waals surface area (Å²) in [6, 6.07) is 0. The number of hydrogen-bond donors (Lipinski definition) is 16. The molecule has 24 atom stereocenters. The Balaban J connectivity index is 1.22. The third-order valence-corrected chi connectivity index (χ3v) is 17.0. The minimum Gasteiger partial charge on any atom is -0.481 e. The highest BCUT2D eigenvalue weighted by molar-refractivity contribution is 5.91. The fourth-order valence-corrected chi connectivity index (χ4v) is 14.9. The Morgan fingerprint density at radius 3 is 0.578 bits per heavy atom. The van der Waals surface area contributed by atoms with Gasteiger partial charge in [0.15, 0.2) is 0 Å². The molecule has 24 unspecified atom stereocenters. The van der Waals surface area contributed by atoms with Gasteiger partial charge in [-0.3, -0.25) is 80.9 Å². The lowest BCUT2D eigenvalue weighted by Gasteiger charge is -2.47. The average Bonchev–Trinajstić information content (AvgIpc) is 3.97. The Kier molecular flexibility index (Phi) is 11.6. The van der Waals surface area contributed by atoms with E-state index in [0.717, 1.165) is 51.4 Å². The molecule has 24 nitrogen and oxygen atoms in total. The van der Waals surface area contributed by atoms with Crippen molar-refractivity contribution in [2.45, 2.75) is 101 Å². The molecule has 0 aromatic heterocycles. The van der Waals surface area contributed by atoms with Crippen LogP contribution in [0.4, 0.5) is 0 Å². The summed E-state index contributed by atoms with van der Waals surface area (Å²) in [5, 5.41) is 113. The van der Waals surface area contributed by atoms with Gasteiger partial charge in [0.2, 0.25) is 0 Å². The zero-order chi connectivity index (χ0) is 45.8. The van der Waals surface area contributed by atoms with E-state index in [-0.39, 0.29) is 36.0 Å². The Morgan fingerprint density at radius 2 is 0.406 bits per heavy atom. The summed E-state index contributed by atoms with van der Waals surface area (Å²) < 4.78 is 0. The van der Waals surface area contributed by atoms with Crippen molar-refractivity contribution in [1.82, 2.24) is 42.5 Å². The number of rotatable bonds is 8. The van der Waals surface area contributed by atoms with E-state index < -0.39 is 156 Å². The number of nitrogens with one attached hydrogen (secondary N) is 8. The lowest BCUT2D eigenvalue weighted by molar-refractivity contribution is -0.183. The maximum atomic E-state index is 13.4. The van der Waals surface area contributed by atoms with E-state index in [1.807, 2.05) is 0 Å². The maximum Gasteiger partial charge on any atom is 0.308 e. The molecule has 352 valence electrons. The molecule has 0 aromatic carbocycles. The zero-order valence-electron chi connectivity index (χ0n) is 34.4. The minimum atomic E-state index is -2.27. The summed E-state index contributed by atoms with van der Waals surface area (Å²) in [5.41, 5.74) is 0. The van der Waals surface area contributed by atoms with Crippen LogP contribution in [0.2, 0.25) is 0 Å². The molecule has 5 saturated heterocycles. The first kappa shape index (κ1) is 44.6. The molecule has 24 heteroatoms. The van der Waals surface area contributed by atoms with Crippen LogP contribution in [0.5, 0.6) is 0 Å². The molecule has 9 fully saturated rings. The minimum absolute atomic E-state index is 0.0315. The smallest absolute Gasteiger partial charge is 0.308 e. The fourth-order valence-electron chi connectivity index (χ4n) is 14.9. The van der Waals surface area contributed by atoms with Crippen molar-refractivity contribution in [3.8, 4) is 0 Å². The number of carboxylic acid groups (broad SMARTS) is 8. The van der Waals surface area contributed by atoms with Crippen LogP contribution >= 0.6 is 0 Å². The zero-order valence-corrected chi connectivity index (χ0v) is 34.4. The number of aliphatic carboxylic acids is 8. The van der Waals surface area contributed by atoms with Crippen LogP contribution in [-0.2, 0) is 38.4 Å². The van der Waals surface area contributed by atoms with Crippen molar-refractivity contribution in [3.05, 3.63) is 0 Å². The molecule has 4 aliphatic carbocycles. The van der Waals surface area contributed by atoms with Crippen molar-refractivity contribution < 1.29 is 79.2 Å². The summed E-state index contributed by atoms with van der Waals surface area (Å²) in [4.78, 5) is 106. The van der Waals surface area contributed by atoms with E-state index in [9.17, 15) is 79.2 Å². The van der Waals surface area contributed by atoms with Gasteiger partial charge in [0.25, 0.3) is 0 Å². The van der Waals surface area contributed by atoms with Gasteiger partial charge in [0.1, 0.15) is 0 Å². The van der Waals surface area contributed by atoms with Gasteiger partial charge in [0, 0.05) is 23.7 Å². The molecule has 4 saturated carbocycles. The van der Waals surface area contributed by atoms with E-state index in [2.05, 4.69) is 42.5 Å². The lowest BCUT2D eigenvalue weighted by Crippen LogP contribution is -2.63. The Bertz CT molecular complexity index is 1840. The lowest BCUT2D eigenvalue weighted by atomic mass is 9.55. The molecule has 8 bridgehead atoms. The number of fused-ring (bicyclic) bond motifs is 20. The van der Waals surface area contributed by atoms with Crippen molar-refractivity contribution in [1.29, 1.82) is 0 Å². The van der Waals surface area contributed by atoms with Crippen molar-refractivity contribution in [2.75, 3.05) is 0 Å². The van der Waals surface area contributed by atoms with Crippen LogP contribution in [-0.4, -0.2) is 138 Å². The first-order chi connectivity index (χ1) is 30.4. The molecule has 0 aromatic rings. The second-order valence-corrected chi connectivity index (χ2v) is 19.6. The van der Waals surface area contributed by atoms with E-state index in [1.165, 1.54) is 0 Å². The van der Waals surface area contributed by atoms with E-state index >= 15 is 0 Å². The van der Waals surface area contributed by atoms with E-state index in [1.54, 1.807) is 0 Å². The molecule has 9 aliphatic rings. The Labute approximate surface area is 364 Å². The number of carbonyl (C=O) groups is 8. The monoisotopic (exact) mass is 904 g/mol. The van der Waals surface area contributed by atoms with Crippen LogP contribution in [0, 0.1) is 94.7 Å². The van der Waals surface area contributed by atoms with Gasteiger partial charge in [-0.15, -0.1) is 0 Å². The molecule has 0 radical (unpaired) electrons. The fraction of sp³-hybridized carbons (Fsp3) is 0.800. The summed E-state index contributed by atoms with van der Waals surface area (Å²) in [7, 11) is 0. The summed E-state index contributed by atoms with van der Waals surface area (Å²) >= 11 is 0. The van der Waals surface area contributed by atoms with Gasteiger partial charge in [-0.1, -0.05) is 25.7 Å². The molecule has 64 heavy (non-hydrogen) atoms. The standard InChI is InChI=1S/C40H56N8O16/c49-33(50)17-13-15(19(35(53)54)23(39(61)62)21(17)37(57)58)31-46-29(13)44-27-11-7-3-1-5-9(11)25(42-27)41-26-10-6-2-4-8-12(10)28(43-26)45-30-14-16(32(47-30)48-31)20(36(55)56)24(40(63)64)22(38(59)60)18(14)34(51)52/h9-32,41-48H,1-8H2,(H,49,50)(H,51,52)(H,53,54)(H,55,56)(H,57,58)(H,59,60)(H,61,62)(H,63,64). The molecular formula is C40H56N8O16. The van der Waals surface area contributed by atoms with Gasteiger partial charge in [0.05, 0.1) is 96.7 Å². The van der Waals surface area contributed by atoms with Crippen LogP contribution in [0.15, 0.2) is 0 Å². The van der Waals surface area contributed by atoms with Crippen LogP contribution in [0.3, 0.4) is 0 Å². The SMILES string of the molecule is O=C(O)C1C(C(=O)O)C(C(=O)O)C2C3NC(NC4NC(NC5NC(NC6NC(N3)C3C(C(=O)O)C(C(=O)O)C(C(=O)O)C(C(=O)O)C63)C3CCCCC53)C3CCCCC43)C2C1C(=O)O. The number of hydrogen-bond acceptors (Lipinski definition) is 16. The molecule has 0 spiro atoms. The van der Waals surface area contributed by atoms with Crippen molar-refractivity contribution in [3.63, 3.8) is 0 Å². The van der Waals surface area contributed by atoms with Gasteiger partial charge in [-0.25, -0.2) is 0 Å². The summed E-state index contributed by atoms with van der Waals surface area (Å²) in [5.74, 6) is -37.2. The first-order valence-electron chi connectivity index (χ1n) is 22.3. The predicted molar refractivity (Wildman–Crippen MR) is 209 cm³/mol. The Hall–Kier alpha value is -4.56. The highest BCUT2D eigenvalue weighted by Gasteiger charge is 2.70. The maximum absolute atomic E-state index is 13.4. The topological polar surface area (TPSA) is 395 Å². The first-order valence-corrected chi connectivity index (χ1v) is 22.3. The quantitative estimate of drug-likeness (QED) is 0.116. The van der Waals surface area contributed by atoms with Crippen molar-refractivity contribution in [2.24, 2.45) is 94.7 Å². The highest BCUT2D eigenvalue weighted by Crippen LogP contribution is 2.55. The molecular weight excluding hydrogens is 848 g/mol. The molecule has 0 amide bonds. The van der Waals surface area contributed by atoms with Gasteiger partial charge >= 0.3 is 47.8 Å². The van der Waals surface area contributed by atoms with E-state index in [4.69, 9.17) is 0 Å². The number of carboxylic acids is 8. The predicted octanol–water partition coefficient (Wildman–Crippen LogP) is -2.91. The largest absolute Gasteiger partial charge is 0.481 e. The van der Waals surface area contributed by atoms with Crippen LogP contribution in [0.1, 0.15) is 51.4 Å². The molecule has 5 aliphatic heterocycles.